The number of thiophene rings is 1. The molecule has 1 aromatic carbocycles. The summed E-state index contributed by atoms with van der Waals surface area (Å²) in [6, 6.07) is 9.09. The molecule has 0 bridgehead atoms. The first-order chi connectivity index (χ1) is 17.5. The summed E-state index contributed by atoms with van der Waals surface area (Å²) in [5.41, 5.74) is 1.88. The standard InChI is InChI=1S/C27H27N3O5S/c1-15-24(26(31)29-13-16-3-4-16)19-6-5-17(11-22(19)34-15)35-21-7-9-28-20-12-23(36-25(20)21)27(32)30-10-8-18(14-30)33-2/h5-7,9,11-12,16,18H,3-4,8,10,13-14H2,1-2H3,(H,29,31)/t18-/m1/s1. The van der Waals surface area contributed by atoms with E-state index < -0.39 is 0 Å². The predicted molar refractivity (Wildman–Crippen MR) is 137 cm³/mol. The molecule has 2 amide bonds. The molecule has 0 unspecified atom stereocenters. The number of ether oxygens (including phenoxy) is 2. The van der Waals surface area contributed by atoms with Gasteiger partial charge in [-0.3, -0.25) is 14.6 Å². The topological polar surface area (TPSA) is 93.9 Å². The van der Waals surface area contributed by atoms with Gasteiger partial charge in [0.15, 0.2) is 0 Å². The van der Waals surface area contributed by atoms with Gasteiger partial charge in [-0.05, 0) is 50.3 Å². The fraction of sp³-hybridized carbons (Fsp3) is 0.370. The van der Waals surface area contributed by atoms with Crippen LogP contribution in [0.25, 0.3) is 21.2 Å². The van der Waals surface area contributed by atoms with Gasteiger partial charge in [-0.15, -0.1) is 11.3 Å². The highest BCUT2D eigenvalue weighted by molar-refractivity contribution is 7.21. The molecule has 4 aromatic rings. The zero-order chi connectivity index (χ0) is 24.8. The maximum Gasteiger partial charge on any atom is 0.264 e. The van der Waals surface area contributed by atoms with Crippen LogP contribution in [0, 0.1) is 12.8 Å². The average molecular weight is 506 g/mol. The lowest BCUT2D eigenvalue weighted by molar-refractivity contribution is 0.0728. The number of nitrogens with zero attached hydrogens (tertiary/aromatic N) is 2. The van der Waals surface area contributed by atoms with Crippen molar-refractivity contribution in [1.82, 2.24) is 15.2 Å². The summed E-state index contributed by atoms with van der Waals surface area (Å²) < 4.78 is 18.3. The SMILES string of the molecule is CO[C@@H]1CCN(C(=O)c2cc3nccc(Oc4ccc5c(C(=O)NCC6CC6)c(C)oc5c4)c3s2)C1. The van der Waals surface area contributed by atoms with Crippen LogP contribution in [0.3, 0.4) is 0 Å². The fourth-order valence-electron chi connectivity index (χ4n) is 4.68. The summed E-state index contributed by atoms with van der Waals surface area (Å²) in [5.74, 6) is 2.27. The first-order valence-corrected chi connectivity index (χ1v) is 13.0. The Morgan fingerprint density at radius 3 is 2.86 bits per heavy atom. The lowest BCUT2D eigenvalue weighted by Gasteiger charge is -2.14. The highest BCUT2D eigenvalue weighted by atomic mass is 32.1. The summed E-state index contributed by atoms with van der Waals surface area (Å²) in [5, 5.41) is 3.78. The van der Waals surface area contributed by atoms with Crippen LogP contribution in [-0.2, 0) is 4.74 Å². The molecular weight excluding hydrogens is 478 g/mol. The number of aryl methyl sites for hydroxylation is 1. The van der Waals surface area contributed by atoms with Crippen molar-refractivity contribution in [2.45, 2.75) is 32.3 Å². The van der Waals surface area contributed by atoms with Crippen LogP contribution in [0.5, 0.6) is 11.5 Å². The van der Waals surface area contributed by atoms with E-state index in [1.807, 2.05) is 23.1 Å². The summed E-state index contributed by atoms with van der Waals surface area (Å²) >= 11 is 1.38. The number of carbonyl (C=O) groups excluding carboxylic acids is 2. The van der Waals surface area contributed by atoms with E-state index in [1.54, 1.807) is 32.4 Å². The third kappa shape index (κ3) is 4.33. The molecule has 1 aliphatic carbocycles. The summed E-state index contributed by atoms with van der Waals surface area (Å²) in [7, 11) is 1.68. The van der Waals surface area contributed by atoms with Crippen LogP contribution in [-0.4, -0.2) is 54.5 Å². The number of hydrogen-bond donors (Lipinski definition) is 1. The van der Waals surface area contributed by atoms with Gasteiger partial charge in [0.05, 0.1) is 26.8 Å². The molecular formula is C27H27N3O5S. The van der Waals surface area contributed by atoms with Crippen molar-refractivity contribution < 1.29 is 23.5 Å². The average Bonchev–Trinajstić information content (AvgIpc) is 3.27. The molecule has 186 valence electrons. The zero-order valence-corrected chi connectivity index (χ0v) is 21.0. The maximum absolute atomic E-state index is 13.0. The minimum Gasteiger partial charge on any atom is -0.460 e. The Balaban J connectivity index is 1.24. The van der Waals surface area contributed by atoms with Crippen molar-refractivity contribution in [2.75, 3.05) is 26.7 Å². The van der Waals surface area contributed by atoms with E-state index in [9.17, 15) is 9.59 Å². The van der Waals surface area contributed by atoms with Crippen molar-refractivity contribution in [3.05, 3.63) is 52.7 Å². The molecule has 2 fully saturated rings. The first kappa shape index (κ1) is 23.0. The van der Waals surface area contributed by atoms with Gasteiger partial charge in [0, 0.05) is 50.5 Å². The second-order valence-electron chi connectivity index (χ2n) is 9.48. The van der Waals surface area contributed by atoms with E-state index in [0.29, 0.717) is 64.4 Å². The number of likely N-dealkylation sites (tertiary alicyclic amines) is 1. The lowest BCUT2D eigenvalue weighted by Crippen LogP contribution is -2.29. The van der Waals surface area contributed by atoms with Crippen molar-refractivity contribution in [2.24, 2.45) is 5.92 Å². The Hall–Kier alpha value is -3.43. The van der Waals surface area contributed by atoms with Crippen LogP contribution < -0.4 is 10.1 Å². The minimum atomic E-state index is -0.103. The number of furan rings is 1. The van der Waals surface area contributed by atoms with Crippen molar-refractivity contribution in [3.63, 3.8) is 0 Å². The van der Waals surface area contributed by atoms with Gasteiger partial charge in [-0.2, -0.15) is 0 Å². The van der Waals surface area contributed by atoms with Gasteiger partial charge >= 0.3 is 0 Å². The molecule has 1 atom stereocenters. The molecule has 3 aromatic heterocycles. The number of carbonyl (C=O) groups is 2. The van der Waals surface area contributed by atoms with Crippen LogP contribution in [0.2, 0.25) is 0 Å². The van der Waals surface area contributed by atoms with Gasteiger partial charge in [0.25, 0.3) is 11.8 Å². The Bertz CT molecular complexity index is 1470. The Labute approximate surface area is 212 Å². The third-order valence-corrected chi connectivity index (χ3v) is 8.02. The second-order valence-corrected chi connectivity index (χ2v) is 10.5. The van der Waals surface area contributed by atoms with Gasteiger partial charge in [0.2, 0.25) is 0 Å². The van der Waals surface area contributed by atoms with Crippen molar-refractivity contribution >= 4 is 44.3 Å². The number of pyridine rings is 1. The summed E-state index contributed by atoms with van der Waals surface area (Å²) in [6.45, 7) is 3.80. The van der Waals surface area contributed by atoms with Crippen LogP contribution in [0.15, 0.2) is 40.9 Å². The Kier molecular flexibility index (Phi) is 5.89. The second kappa shape index (κ2) is 9.22. The van der Waals surface area contributed by atoms with Crippen LogP contribution in [0.1, 0.15) is 45.1 Å². The van der Waals surface area contributed by atoms with Crippen LogP contribution >= 0.6 is 11.3 Å². The molecule has 1 N–H and O–H groups in total. The zero-order valence-electron chi connectivity index (χ0n) is 20.2. The molecule has 9 heteroatoms. The largest absolute Gasteiger partial charge is 0.460 e. The highest BCUT2D eigenvalue weighted by Gasteiger charge is 2.28. The number of aromatic nitrogens is 1. The molecule has 1 aliphatic heterocycles. The molecule has 8 nitrogen and oxygen atoms in total. The van der Waals surface area contributed by atoms with Gasteiger partial charge in [0.1, 0.15) is 22.8 Å². The van der Waals surface area contributed by atoms with Crippen molar-refractivity contribution in [3.8, 4) is 11.5 Å². The number of rotatable bonds is 7. The third-order valence-electron chi connectivity index (χ3n) is 6.89. The first-order valence-electron chi connectivity index (χ1n) is 12.2. The van der Waals surface area contributed by atoms with E-state index in [-0.39, 0.29) is 17.9 Å². The smallest absolute Gasteiger partial charge is 0.264 e. The molecule has 36 heavy (non-hydrogen) atoms. The lowest BCUT2D eigenvalue weighted by atomic mass is 10.1. The molecule has 4 heterocycles. The predicted octanol–water partition coefficient (Wildman–Crippen LogP) is 5.14. The summed E-state index contributed by atoms with van der Waals surface area (Å²) in [6.07, 6.45) is 4.97. The number of methoxy groups -OCH3 is 1. The number of benzene rings is 1. The quantitative estimate of drug-likeness (QED) is 0.374. The van der Waals surface area contributed by atoms with Gasteiger partial charge in [-0.1, -0.05) is 0 Å². The van der Waals surface area contributed by atoms with E-state index in [2.05, 4.69) is 10.3 Å². The highest BCUT2D eigenvalue weighted by Crippen LogP contribution is 2.37. The Morgan fingerprint density at radius 1 is 1.22 bits per heavy atom. The fourth-order valence-corrected chi connectivity index (χ4v) is 5.71. The molecule has 2 aliphatic rings. The van der Waals surface area contributed by atoms with Gasteiger partial charge < -0.3 is 24.1 Å². The number of amides is 2. The number of nitrogens with one attached hydrogen (secondary N) is 1. The number of fused-ring (bicyclic) bond motifs is 2. The molecule has 1 saturated carbocycles. The number of hydrogen-bond acceptors (Lipinski definition) is 7. The monoisotopic (exact) mass is 505 g/mol. The van der Waals surface area contributed by atoms with E-state index in [4.69, 9.17) is 13.9 Å². The summed E-state index contributed by atoms with van der Waals surface area (Å²) in [4.78, 5) is 32.7. The van der Waals surface area contributed by atoms with E-state index >= 15 is 0 Å². The van der Waals surface area contributed by atoms with Gasteiger partial charge in [-0.25, -0.2) is 0 Å². The maximum atomic E-state index is 13.0. The van der Waals surface area contributed by atoms with E-state index in [0.717, 1.165) is 16.5 Å². The molecule has 6 rings (SSSR count). The van der Waals surface area contributed by atoms with Crippen LogP contribution in [0.4, 0.5) is 0 Å². The van der Waals surface area contributed by atoms with Crippen molar-refractivity contribution in [1.29, 1.82) is 0 Å². The molecule has 1 saturated heterocycles. The molecule has 0 spiro atoms. The normalized spacial score (nSPS) is 17.7. The van der Waals surface area contributed by atoms with E-state index in [1.165, 1.54) is 24.2 Å². The Morgan fingerprint density at radius 2 is 2.08 bits per heavy atom. The minimum absolute atomic E-state index is 0.0107. The molecule has 0 radical (unpaired) electrons.